The number of aromatic nitrogens is 2. The van der Waals surface area contributed by atoms with E-state index in [4.69, 9.17) is 0 Å². The molecule has 6 nitrogen and oxygen atoms in total. The van der Waals surface area contributed by atoms with Crippen molar-refractivity contribution in [2.75, 3.05) is 26.7 Å². The molecule has 0 aromatic carbocycles. The van der Waals surface area contributed by atoms with Gasteiger partial charge in [-0.25, -0.2) is 12.7 Å². The lowest BCUT2D eigenvalue weighted by Crippen LogP contribution is -2.32. The Bertz CT molecular complexity index is 451. The molecule has 1 aromatic rings. The molecule has 0 spiro atoms. The predicted octanol–water partition coefficient (Wildman–Crippen LogP) is 0.420. The summed E-state index contributed by atoms with van der Waals surface area (Å²) in [7, 11) is -1.74. The fourth-order valence-corrected chi connectivity index (χ4v) is 3.31. The van der Waals surface area contributed by atoms with Crippen molar-refractivity contribution in [3.05, 3.63) is 12.4 Å². The lowest BCUT2D eigenvalue weighted by Gasteiger charge is -2.24. The van der Waals surface area contributed by atoms with E-state index in [9.17, 15) is 8.42 Å². The molecule has 0 saturated carbocycles. The van der Waals surface area contributed by atoms with E-state index in [0.29, 0.717) is 12.5 Å². The molecule has 2 rings (SSSR count). The van der Waals surface area contributed by atoms with E-state index >= 15 is 0 Å². The molecular formula is C11H20N4O2S. The number of hydrogen-bond donors (Lipinski definition) is 2. The van der Waals surface area contributed by atoms with Gasteiger partial charge in [-0.1, -0.05) is 0 Å². The van der Waals surface area contributed by atoms with Crippen LogP contribution in [0.15, 0.2) is 17.3 Å². The lowest BCUT2D eigenvalue weighted by molar-refractivity contribution is 0.326. The molecule has 0 bridgehead atoms. The van der Waals surface area contributed by atoms with Crippen LogP contribution in [0.3, 0.4) is 0 Å². The quantitative estimate of drug-likeness (QED) is 0.814. The molecule has 1 aromatic heterocycles. The van der Waals surface area contributed by atoms with E-state index in [2.05, 4.69) is 15.5 Å². The minimum absolute atomic E-state index is 0.232. The Balaban J connectivity index is 1.89. The normalized spacial score (nSPS) is 18.3. The molecule has 0 amide bonds. The molecule has 102 valence electrons. The number of nitrogens with one attached hydrogen (secondary N) is 2. The average molecular weight is 272 g/mol. The van der Waals surface area contributed by atoms with Crippen LogP contribution in [-0.2, 0) is 10.0 Å². The molecule has 1 fully saturated rings. The molecule has 18 heavy (non-hydrogen) atoms. The van der Waals surface area contributed by atoms with Gasteiger partial charge in [0, 0.05) is 19.8 Å². The maximum atomic E-state index is 12.1. The van der Waals surface area contributed by atoms with Crippen LogP contribution in [-0.4, -0.2) is 49.6 Å². The van der Waals surface area contributed by atoms with Gasteiger partial charge in [0.05, 0.1) is 6.20 Å². The van der Waals surface area contributed by atoms with Crippen molar-refractivity contribution in [2.24, 2.45) is 5.92 Å². The van der Waals surface area contributed by atoms with E-state index in [-0.39, 0.29) is 4.90 Å². The highest BCUT2D eigenvalue weighted by Crippen LogP contribution is 2.18. The zero-order valence-electron chi connectivity index (χ0n) is 10.6. The van der Waals surface area contributed by atoms with Crippen molar-refractivity contribution >= 4 is 10.0 Å². The second-order valence-electron chi connectivity index (χ2n) is 4.74. The maximum Gasteiger partial charge on any atom is 0.245 e. The van der Waals surface area contributed by atoms with Crippen molar-refractivity contribution in [2.45, 2.75) is 24.2 Å². The van der Waals surface area contributed by atoms with Crippen LogP contribution in [0.25, 0.3) is 0 Å². The first kappa shape index (κ1) is 13.5. The molecule has 0 radical (unpaired) electrons. The summed E-state index contributed by atoms with van der Waals surface area (Å²) >= 11 is 0. The number of nitrogens with zero attached hydrogens (tertiary/aromatic N) is 2. The first-order chi connectivity index (χ1) is 8.60. The number of piperidine rings is 1. The van der Waals surface area contributed by atoms with E-state index < -0.39 is 10.0 Å². The Morgan fingerprint density at radius 2 is 2.17 bits per heavy atom. The first-order valence-electron chi connectivity index (χ1n) is 6.26. The molecule has 0 aliphatic carbocycles. The van der Waals surface area contributed by atoms with Gasteiger partial charge in [0.25, 0.3) is 0 Å². The smallest absolute Gasteiger partial charge is 0.245 e. The van der Waals surface area contributed by atoms with Crippen LogP contribution in [0.1, 0.15) is 19.3 Å². The molecule has 2 N–H and O–H groups in total. The van der Waals surface area contributed by atoms with Crippen LogP contribution in [0.4, 0.5) is 0 Å². The van der Waals surface area contributed by atoms with E-state index in [0.717, 1.165) is 32.4 Å². The number of sulfonamides is 1. The number of hydrogen-bond acceptors (Lipinski definition) is 4. The Kier molecular flexibility index (Phi) is 4.36. The van der Waals surface area contributed by atoms with Crippen LogP contribution in [0.2, 0.25) is 0 Å². The molecule has 0 atom stereocenters. The van der Waals surface area contributed by atoms with E-state index in [1.807, 2.05) is 0 Å². The summed E-state index contributed by atoms with van der Waals surface area (Å²) in [5.74, 6) is 0.633. The molecule has 1 aliphatic rings. The molecule has 7 heteroatoms. The minimum atomic E-state index is -3.37. The zero-order valence-corrected chi connectivity index (χ0v) is 11.4. The molecule has 1 aliphatic heterocycles. The fourth-order valence-electron chi connectivity index (χ4n) is 2.21. The molecule has 2 heterocycles. The van der Waals surface area contributed by atoms with Gasteiger partial charge in [0.2, 0.25) is 10.0 Å². The Hall–Kier alpha value is -0.920. The Morgan fingerprint density at radius 1 is 1.44 bits per heavy atom. The highest BCUT2D eigenvalue weighted by atomic mass is 32.2. The van der Waals surface area contributed by atoms with Crippen molar-refractivity contribution in [3.8, 4) is 0 Å². The van der Waals surface area contributed by atoms with E-state index in [1.54, 1.807) is 7.05 Å². The summed E-state index contributed by atoms with van der Waals surface area (Å²) in [5.41, 5.74) is 0. The minimum Gasteiger partial charge on any atom is -0.317 e. The van der Waals surface area contributed by atoms with Gasteiger partial charge in [-0.3, -0.25) is 5.10 Å². The number of rotatable bonds is 5. The predicted molar refractivity (Wildman–Crippen MR) is 68.6 cm³/mol. The lowest BCUT2D eigenvalue weighted by atomic mass is 9.95. The second kappa shape index (κ2) is 5.81. The van der Waals surface area contributed by atoms with Crippen LogP contribution in [0, 0.1) is 5.92 Å². The summed E-state index contributed by atoms with van der Waals surface area (Å²) in [4.78, 5) is 0.232. The number of H-pyrrole nitrogens is 1. The molecular weight excluding hydrogens is 252 g/mol. The number of aromatic amines is 1. The third-order valence-corrected chi connectivity index (χ3v) is 5.31. The van der Waals surface area contributed by atoms with Gasteiger partial charge < -0.3 is 5.32 Å². The summed E-state index contributed by atoms with van der Waals surface area (Å²) in [6.07, 6.45) is 5.96. The highest BCUT2D eigenvalue weighted by Gasteiger charge is 2.23. The van der Waals surface area contributed by atoms with Crippen LogP contribution < -0.4 is 5.32 Å². The average Bonchev–Trinajstić information content (AvgIpc) is 2.91. The topological polar surface area (TPSA) is 78.1 Å². The van der Waals surface area contributed by atoms with Crippen molar-refractivity contribution in [1.29, 1.82) is 0 Å². The van der Waals surface area contributed by atoms with Crippen molar-refractivity contribution in [3.63, 3.8) is 0 Å². The fraction of sp³-hybridized carbons (Fsp3) is 0.727. The summed E-state index contributed by atoms with van der Waals surface area (Å²) < 4.78 is 25.7. The van der Waals surface area contributed by atoms with Gasteiger partial charge in [0.15, 0.2) is 0 Å². The van der Waals surface area contributed by atoms with Gasteiger partial charge in [-0.2, -0.15) is 5.10 Å². The van der Waals surface area contributed by atoms with Gasteiger partial charge in [-0.15, -0.1) is 0 Å². The van der Waals surface area contributed by atoms with Crippen LogP contribution >= 0.6 is 0 Å². The summed E-state index contributed by atoms with van der Waals surface area (Å²) in [6, 6.07) is 0. The van der Waals surface area contributed by atoms with Crippen LogP contribution in [0.5, 0.6) is 0 Å². The van der Waals surface area contributed by atoms with Gasteiger partial charge in [-0.05, 0) is 38.3 Å². The summed E-state index contributed by atoms with van der Waals surface area (Å²) in [5, 5.41) is 9.52. The van der Waals surface area contributed by atoms with Crippen molar-refractivity contribution < 1.29 is 8.42 Å². The monoisotopic (exact) mass is 272 g/mol. The second-order valence-corrected chi connectivity index (χ2v) is 6.79. The van der Waals surface area contributed by atoms with Gasteiger partial charge >= 0.3 is 0 Å². The van der Waals surface area contributed by atoms with Gasteiger partial charge in [0.1, 0.15) is 4.90 Å². The van der Waals surface area contributed by atoms with Crippen molar-refractivity contribution in [1.82, 2.24) is 19.8 Å². The third kappa shape index (κ3) is 3.09. The standard InChI is InChI=1S/C11H20N4O2S/c1-15(7-4-10-2-5-12-6-3-10)18(16,17)11-8-13-14-9-11/h8-10,12H,2-7H2,1H3,(H,13,14). The third-order valence-electron chi connectivity index (χ3n) is 3.49. The molecule has 1 saturated heterocycles. The SMILES string of the molecule is CN(CCC1CCNCC1)S(=O)(=O)c1cn[nH]c1. The maximum absolute atomic E-state index is 12.1. The zero-order chi connectivity index (χ0) is 13.0. The highest BCUT2D eigenvalue weighted by molar-refractivity contribution is 7.89. The largest absolute Gasteiger partial charge is 0.317 e. The summed E-state index contributed by atoms with van der Waals surface area (Å²) in [6.45, 7) is 2.66. The molecule has 0 unspecified atom stereocenters. The Morgan fingerprint density at radius 3 is 2.78 bits per heavy atom. The first-order valence-corrected chi connectivity index (χ1v) is 7.70. The Labute approximate surface area is 108 Å². The van der Waals surface area contributed by atoms with E-state index in [1.165, 1.54) is 16.7 Å².